The Morgan fingerprint density at radius 3 is 2.34 bits per heavy atom. The van der Waals surface area contributed by atoms with Crippen molar-refractivity contribution in [2.24, 2.45) is 0 Å². The number of hydrogen-bond acceptors (Lipinski definition) is 8. The van der Waals surface area contributed by atoms with Crippen LogP contribution in [-0.2, 0) is 16.0 Å². The lowest BCUT2D eigenvalue weighted by Gasteiger charge is -2.11. The van der Waals surface area contributed by atoms with E-state index in [1.54, 1.807) is 37.4 Å². The molecule has 2 aromatic carbocycles. The van der Waals surface area contributed by atoms with Crippen LogP contribution in [0.5, 0.6) is 17.2 Å². The van der Waals surface area contributed by atoms with Crippen molar-refractivity contribution >= 4 is 11.8 Å². The summed E-state index contributed by atoms with van der Waals surface area (Å²) in [6.45, 7) is 2.05. The smallest absolute Gasteiger partial charge is 0.276 e. The van der Waals surface area contributed by atoms with Crippen molar-refractivity contribution in [2.75, 3.05) is 20.3 Å². The van der Waals surface area contributed by atoms with Gasteiger partial charge in [0, 0.05) is 18.4 Å². The molecule has 0 saturated carbocycles. The topological polar surface area (TPSA) is 125 Å². The first kappa shape index (κ1) is 22.6. The molecule has 10 heteroatoms. The highest BCUT2D eigenvalue weighted by Crippen LogP contribution is 2.26. The Labute approximate surface area is 184 Å². The Hall–Kier alpha value is -4.08. The predicted octanol–water partition coefficient (Wildman–Crippen LogP) is 2.30. The van der Waals surface area contributed by atoms with Crippen LogP contribution in [-0.4, -0.2) is 42.3 Å². The Kier molecular flexibility index (Phi) is 8.02. The van der Waals surface area contributed by atoms with Gasteiger partial charge in [0.2, 0.25) is 17.6 Å². The van der Waals surface area contributed by atoms with E-state index in [-0.39, 0.29) is 19.4 Å². The maximum atomic E-state index is 12.0. The molecule has 2 amide bonds. The molecule has 0 unspecified atom stereocenters. The number of nitrogens with one attached hydrogen (secondary N) is 2. The van der Waals surface area contributed by atoms with E-state index in [4.69, 9.17) is 18.7 Å². The van der Waals surface area contributed by atoms with Gasteiger partial charge in [-0.05, 0) is 43.3 Å². The summed E-state index contributed by atoms with van der Waals surface area (Å²) in [6, 6.07) is 14.2. The summed E-state index contributed by atoms with van der Waals surface area (Å²) in [5.41, 5.74) is 5.39. The monoisotopic (exact) mass is 440 g/mol. The second-order valence-electron chi connectivity index (χ2n) is 6.51. The van der Waals surface area contributed by atoms with Gasteiger partial charge in [0.25, 0.3) is 5.91 Å². The molecule has 3 aromatic rings. The maximum Gasteiger partial charge on any atom is 0.276 e. The molecule has 0 aliphatic rings. The standard InChI is InChI=1S/C22H24N4O6/c1-3-30-17-6-4-5-7-18(17)31-14-20(28)25-24-19(27)12-13-21-23-22(26-32-21)15-8-10-16(29-2)11-9-15/h4-11H,3,12-14H2,1-2H3,(H,24,27)(H,25,28). The summed E-state index contributed by atoms with van der Waals surface area (Å²) >= 11 is 0. The fourth-order valence-electron chi connectivity index (χ4n) is 2.66. The van der Waals surface area contributed by atoms with E-state index in [0.717, 1.165) is 11.3 Å². The number of carbonyl (C=O) groups excluding carboxylic acids is 2. The number of aryl methyl sites for hydroxylation is 1. The SMILES string of the molecule is CCOc1ccccc1OCC(=O)NNC(=O)CCc1nc(-c2ccc(OC)cc2)no1. The van der Waals surface area contributed by atoms with Gasteiger partial charge < -0.3 is 18.7 Å². The summed E-state index contributed by atoms with van der Waals surface area (Å²) in [5, 5.41) is 3.91. The lowest BCUT2D eigenvalue weighted by atomic mass is 10.2. The third kappa shape index (κ3) is 6.46. The predicted molar refractivity (Wildman–Crippen MR) is 114 cm³/mol. The molecule has 32 heavy (non-hydrogen) atoms. The Bertz CT molecular complexity index is 1030. The molecular formula is C22H24N4O6. The first-order valence-electron chi connectivity index (χ1n) is 9.98. The molecule has 3 rings (SSSR count). The molecule has 0 spiro atoms. The van der Waals surface area contributed by atoms with E-state index in [1.807, 2.05) is 25.1 Å². The van der Waals surface area contributed by atoms with Gasteiger partial charge in [-0.1, -0.05) is 17.3 Å². The van der Waals surface area contributed by atoms with E-state index in [2.05, 4.69) is 21.0 Å². The van der Waals surface area contributed by atoms with Crippen molar-refractivity contribution < 1.29 is 28.3 Å². The molecular weight excluding hydrogens is 416 g/mol. The molecule has 1 aromatic heterocycles. The quantitative estimate of drug-likeness (QED) is 0.460. The van der Waals surface area contributed by atoms with Gasteiger partial charge in [-0.3, -0.25) is 20.4 Å². The third-order valence-electron chi connectivity index (χ3n) is 4.23. The van der Waals surface area contributed by atoms with Crippen molar-refractivity contribution in [3.8, 4) is 28.6 Å². The number of benzene rings is 2. The van der Waals surface area contributed by atoms with Gasteiger partial charge in [-0.2, -0.15) is 4.98 Å². The highest BCUT2D eigenvalue weighted by Gasteiger charge is 2.12. The number of nitrogens with zero attached hydrogens (tertiary/aromatic N) is 2. The summed E-state index contributed by atoms with van der Waals surface area (Å²) in [4.78, 5) is 28.2. The Balaban J connectivity index is 1.40. The average Bonchev–Trinajstić information content (AvgIpc) is 3.30. The number of amides is 2. The van der Waals surface area contributed by atoms with Crippen LogP contribution in [0.2, 0.25) is 0 Å². The minimum absolute atomic E-state index is 0.0541. The lowest BCUT2D eigenvalue weighted by molar-refractivity contribution is -0.130. The minimum Gasteiger partial charge on any atom is -0.497 e. The Morgan fingerprint density at radius 1 is 0.969 bits per heavy atom. The lowest BCUT2D eigenvalue weighted by Crippen LogP contribution is -2.43. The van der Waals surface area contributed by atoms with Gasteiger partial charge >= 0.3 is 0 Å². The van der Waals surface area contributed by atoms with Crippen molar-refractivity contribution in [3.05, 3.63) is 54.4 Å². The first-order valence-corrected chi connectivity index (χ1v) is 9.98. The zero-order valence-corrected chi connectivity index (χ0v) is 17.8. The molecule has 0 radical (unpaired) electrons. The summed E-state index contributed by atoms with van der Waals surface area (Å²) < 4.78 is 21.2. The summed E-state index contributed by atoms with van der Waals surface area (Å²) in [6.07, 6.45) is 0.279. The maximum absolute atomic E-state index is 12.0. The van der Waals surface area contributed by atoms with Crippen LogP contribution in [0.3, 0.4) is 0 Å². The highest BCUT2D eigenvalue weighted by molar-refractivity contribution is 5.82. The van der Waals surface area contributed by atoms with Gasteiger partial charge in [-0.15, -0.1) is 0 Å². The molecule has 2 N–H and O–H groups in total. The molecule has 0 fully saturated rings. The Morgan fingerprint density at radius 2 is 1.66 bits per heavy atom. The highest BCUT2D eigenvalue weighted by atomic mass is 16.5. The van der Waals surface area contributed by atoms with Crippen molar-refractivity contribution in [1.29, 1.82) is 0 Å². The zero-order chi connectivity index (χ0) is 22.8. The molecule has 0 bridgehead atoms. The van der Waals surface area contributed by atoms with Gasteiger partial charge in [0.05, 0.1) is 13.7 Å². The number of ether oxygens (including phenoxy) is 3. The van der Waals surface area contributed by atoms with E-state index < -0.39 is 11.8 Å². The third-order valence-corrected chi connectivity index (χ3v) is 4.23. The zero-order valence-electron chi connectivity index (χ0n) is 17.8. The van der Waals surface area contributed by atoms with Crippen LogP contribution in [0.15, 0.2) is 53.1 Å². The molecule has 168 valence electrons. The fraction of sp³-hybridized carbons (Fsp3) is 0.273. The molecule has 10 nitrogen and oxygen atoms in total. The largest absolute Gasteiger partial charge is 0.497 e. The van der Waals surface area contributed by atoms with Crippen LogP contribution < -0.4 is 25.1 Å². The number of hydrogen-bond donors (Lipinski definition) is 2. The van der Waals surface area contributed by atoms with Crippen LogP contribution in [0.25, 0.3) is 11.4 Å². The van der Waals surface area contributed by atoms with E-state index >= 15 is 0 Å². The number of methoxy groups -OCH3 is 1. The summed E-state index contributed by atoms with van der Waals surface area (Å²) in [5.74, 6) is 1.52. The van der Waals surface area contributed by atoms with E-state index in [1.165, 1.54) is 0 Å². The van der Waals surface area contributed by atoms with E-state index in [0.29, 0.717) is 29.8 Å². The van der Waals surface area contributed by atoms with Crippen LogP contribution in [0.1, 0.15) is 19.2 Å². The van der Waals surface area contributed by atoms with Crippen molar-refractivity contribution in [1.82, 2.24) is 21.0 Å². The number of hydrazine groups is 1. The van der Waals surface area contributed by atoms with Crippen LogP contribution in [0, 0.1) is 0 Å². The van der Waals surface area contributed by atoms with Gasteiger partial charge in [-0.25, -0.2) is 0 Å². The molecule has 1 heterocycles. The fourth-order valence-corrected chi connectivity index (χ4v) is 2.66. The number of carbonyl (C=O) groups is 2. The second kappa shape index (κ2) is 11.3. The van der Waals surface area contributed by atoms with Crippen LogP contribution in [0.4, 0.5) is 0 Å². The summed E-state index contributed by atoms with van der Waals surface area (Å²) in [7, 11) is 1.59. The second-order valence-corrected chi connectivity index (χ2v) is 6.51. The van der Waals surface area contributed by atoms with Crippen molar-refractivity contribution in [3.63, 3.8) is 0 Å². The van der Waals surface area contributed by atoms with Crippen molar-refractivity contribution in [2.45, 2.75) is 19.8 Å². The van der Waals surface area contributed by atoms with Gasteiger partial charge in [0.15, 0.2) is 18.1 Å². The average molecular weight is 440 g/mol. The normalized spacial score (nSPS) is 10.3. The minimum atomic E-state index is -0.510. The molecule has 0 aliphatic heterocycles. The van der Waals surface area contributed by atoms with Crippen LogP contribution >= 0.6 is 0 Å². The van der Waals surface area contributed by atoms with E-state index in [9.17, 15) is 9.59 Å². The number of aromatic nitrogens is 2. The first-order chi connectivity index (χ1) is 15.6. The number of para-hydroxylation sites is 2. The molecule has 0 aliphatic carbocycles. The number of rotatable bonds is 10. The van der Waals surface area contributed by atoms with Gasteiger partial charge in [0.1, 0.15) is 5.75 Å². The molecule has 0 atom stereocenters. The molecule has 0 saturated heterocycles.